The molecule has 0 aliphatic heterocycles. The highest BCUT2D eigenvalue weighted by atomic mass is 16.5. The van der Waals surface area contributed by atoms with E-state index in [0.29, 0.717) is 31.0 Å². The maximum Gasteiger partial charge on any atom is 0.254 e. The van der Waals surface area contributed by atoms with Gasteiger partial charge in [-0.1, -0.05) is 6.07 Å². The lowest BCUT2D eigenvalue weighted by Crippen LogP contribution is -2.40. The van der Waals surface area contributed by atoms with Gasteiger partial charge in [0.25, 0.3) is 5.91 Å². The lowest BCUT2D eigenvalue weighted by molar-refractivity contribution is -0.121. The first-order valence-electron chi connectivity index (χ1n) is 9.73. The van der Waals surface area contributed by atoms with E-state index in [9.17, 15) is 9.59 Å². The van der Waals surface area contributed by atoms with Crippen LogP contribution in [0, 0.1) is 6.92 Å². The van der Waals surface area contributed by atoms with Crippen molar-refractivity contribution in [3.8, 4) is 5.75 Å². The first-order valence-corrected chi connectivity index (χ1v) is 9.73. The summed E-state index contributed by atoms with van der Waals surface area (Å²) in [6.07, 6.45) is 3.90. The number of ether oxygens (including phenoxy) is 1. The van der Waals surface area contributed by atoms with Crippen LogP contribution in [0.3, 0.4) is 0 Å². The minimum absolute atomic E-state index is 0.0503. The number of hydrogen-bond acceptors (Lipinski definition) is 4. The molecule has 0 radical (unpaired) electrons. The normalized spacial score (nSPS) is 10.7. The highest BCUT2D eigenvalue weighted by Gasteiger charge is 2.17. The Bertz CT molecular complexity index is 995. The molecular formula is C22H26N4O3. The molecule has 0 unspecified atom stereocenters. The summed E-state index contributed by atoms with van der Waals surface area (Å²) in [6, 6.07) is 10.9. The number of amides is 2. The molecule has 0 saturated heterocycles. The number of imidazole rings is 1. The number of aromatic nitrogens is 2. The second-order valence-electron chi connectivity index (χ2n) is 6.74. The standard InChI is InChI=1S/C22H26N4O3/c1-4-23-20(27)14-25(5-2)22(28)17-8-10-19(11-9-17)29-15-18-13-26-12-6-7-16(3)21(26)24-18/h6-13H,4-5,14-15H2,1-3H3,(H,23,27). The van der Waals surface area contributed by atoms with Crippen LogP contribution in [0.15, 0.2) is 48.8 Å². The van der Waals surface area contributed by atoms with Crippen molar-refractivity contribution in [3.63, 3.8) is 0 Å². The van der Waals surface area contributed by atoms with E-state index >= 15 is 0 Å². The van der Waals surface area contributed by atoms with Gasteiger partial charge >= 0.3 is 0 Å². The molecule has 0 bridgehead atoms. The second kappa shape index (κ2) is 9.23. The predicted molar refractivity (Wildman–Crippen MR) is 111 cm³/mol. The SMILES string of the molecule is CCNC(=O)CN(CC)C(=O)c1ccc(OCc2cn3cccc(C)c3n2)cc1. The van der Waals surface area contributed by atoms with Gasteiger partial charge in [-0.15, -0.1) is 0 Å². The third-order valence-corrected chi connectivity index (χ3v) is 4.59. The fourth-order valence-electron chi connectivity index (χ4n) is 3.06. The van der Waals surface area contributed by atoms with Crippen LogP contribution in [0.1, 0.15) is 35.5 Å². The molecule has 3 aromatic rings. The van der Waals surface area contributed by atoms with Crippen molar-refractivity contribution >= 4 is 17.5 Å². The van der Waals surface area contributed by atoms with Crippen molar-refractivity contribution in [3.05, 3.63) is 65.6 Å². The van der Waals surface area contributed by atoms with Gasteiger partial charge in [-0.2, -0.15) is 0 Å². The third kappa shape index (κ3) is 4.93. The van der Waals surface area contributed by atoms with Crippen molar-refractivity contribution in [2.24, 2.45) is 0 Å². The van der Waals surface area contributed by atoms with Crippen LogP contribution in [0.2, 0.25) is 0 Å². The number of aryl methyl sites for hydroxylation is 1. The van der Waals surface area contributed by atoms with Gasteiger partial charge in [0.05, 0.1) is 12.2 Å². The van der Waals surface area contributed by atoms with Crippen LogP contribution in [0.25, 0.3) is 5.65 Å². The van der Waals surface area contributed by atoms with E-state index in [4.69, 9.17) is 4.74 Å². The van der Waals surface area contributed by atoms with Gasteiger partial charge in [-0.25, -0.2) is 4.98 Å². The third-order valence-electron chi connectivity index (χ3n) is 4.59. The smallest absolute Gasteiger partial charge is 0.254 e. The number of benzene rings is 1. The van der Waals surface area contributed by atoms with E-state index in [0.717, 1.165) is 16.9 Å². The molecule has 0 fully saturated rings. The molecule has 29 heavy (non-hydrogen) atoms. The number of nitrogens with zero attached hydrogens (tertiary/aromatic N) is 3. The summed E-state index contributed by atoms with van der Waals surface area (Å²) in [5.74, 6) is 0.313. The zero-order chi connectivity index (χ0) is 20.8. The number of carbonyl (C=O) groups excluding carboxylic acids is 2. The van der Waals surface area contributed by atoms with Gasteiger partial charge in [-0.3, -0.25) is 9.59 Å². The molecule has 7 nitrogen and oxygen atoms in total. The lowest BCUT2D eigenvalue weighted by atomic mass is 10.2. The zero-order valence-corrected chi connectivity index (χ0v) is 17.0. The van der Waals surface area contributed by atoms with E-state index in [-0.39, 0.29) is 18.4 Å². The Hall–Kier alpha value is -3.35. The van der Waals surface area contributed by atoms with E-state index in [1.807, 2.05) is 49.7 Å². The summed E-state index contributed by atoms with van der Waals surface area (Å²) >= 11 is 0. The molecule has 2 amide bonds. The number of carbonyl (C=O) groups is 2. The number of hydrogen-bond donors (Lipinski definition) is 1. The first-order chi connectivity index (χ1) is 14.0. The maximum absolute atomic E-state index is 12.6. The molecule has 0 saturated carbocycles. The first kappa shape index (κ1) is 20.4. The Morgan fingerprint density at radius 2 is 1.93 bits per heavy atom. The van der Waals surface area contributed by atoms with Crippen LogP contribution in [-0.2, 0) is 11.4 Å². The number of rotatable bonds is 8. The summed E-state index contributed by atoms with van der Waals surface area (Å²) < 4.78 is 7.79. The summed E-state index contributed by atoms with van der Waals surface area (Å²) in [7, 11) is 0. The Morgan fingerprint density at radius 3 is 2.59 bits per heavy atom. The second-order valence-corrected chi connectivity index (χ2v) is 6.74. The summed E-state index contributed by atoms with van der Waals surface area (Å²) in [4.78, 5) is 30.5. The molecule has 1 N–H and O–H groups in total. The molecule has 7 heteroatoms. The van der Waals surface area contributed by atoms with Gasteiger partial charge in [0.2, 0.25) is 5.91 Å². The molecular weight excluding hydrogens is 368 g/mol. The summed E-state index contributed by atoms with van der Waals surface area (Å²) in [5.41, 5.74) is 3.37. The van der Waals surface area contributed by atoms with E-state index < -0.39 is 0 Å². The average molecular weight is 394 g/mol. The highest BCUT2D eigenvalue weighted by Crippen LogP contribution is 2.16. The number of pyridine rings is 1. The van der Waals surface area contributed by atoms with Crippen LogP contribution < -0.4 is 10.1 Å². The fourth-order valence-corrected chi connectivity index (χ4v) is 3.06. The number of nitrogens with one attached hydrogen (secondary N) is 1. The Morgan fingerprint density at radius 1 is 1.17 bits per heavy atom. The molecule has 152 valence electrons. The average Bonchev–Trinajstić information content (AvgIpc) is 3.15. The van der Waals surface area contributed by atoms with Gasteiger partial charge in [0.15, 0.2) is 0 Å². The van der Waals surface area contributed by atoms with Crippen molar-refractivity contribution in [1.29, 1.82) is 0 Å². The molecule has 2 heterocycles. The minimum atomic E-state index is -0.180. The Labute approximate surface area is 170 Å². The van der Waals surface area contributed by atoms with Crippen molar-refractivity contribution in [2.75, 3.05) is 19.6 Å². The van der Waals surface area contributed by atoms with Gasteiger partial charge in [0, 0.05) is 31.0 Å². The van der Waals surface area contributed by atoms with Gasteiger partial charge < -0.3 is 19.4 Å². The molecule has 2 aromatic heterocycles. The van der Waals surface area contributed by atoms with Gasteiger partial charge in [0.1, 0.15) is 18.0 Å². The summed E-state index contributed by atoms with van der Waals surface area (Å²) in [5, 5.41) is 2.71. The van der Waals surface area contributed by atoms with Gasteiger partial charge in [-0.05, 0) is 56.7 Å². The number of likely N-dealkylation sites (N-methyl/N-ethyl adjacent to an activating group) is 2. The van der Waals surface area contributed by atoms with Crippen molar-refractivity contribution in [2.45, 2.75) is 27.4 Å². The van der Waals surface area contributed by atoms with Crippen LogP contribution in [0.5, 0.6) is 5.75 Å². The number of fused-ring (bicyclic) bond motifs is 1. The largest absolute Gasteiger partial charge is 0.487 e. The molecule has 0 aliphatic rings. The monoisotopic (exact) mass is 394 g/mol. The Balaban J connectivity index is 1.62. The van der Waals surface area contributed by atoms with Crippen LogP contribution >= 0.6 is 0 Å². The van der Waals surface area contributed by atoms with Crippen molar-refractivity contribution < 1.29 is 14.3 Å². The maximum atomic E-state index is 12.6. The molecule has 0 aliphatic carbocycles. The minimum Gasteiger partial charge on any atom is -0.487 e. The fraction of sp³-hybridized carbons (Fsp3) is 0.318. The van der Waals surface area contributed by atoms with Crippen LogP contribution in [0.4, 0.5) is 0 Å². The van der Waals surface area contributed by atoms with E-state index in [2.05, 4.69) is 10.3 Å². The Kier molecular flexibility index (Phi) is 6.49. The van der Waals surface area contributed by atoms with E-state index in [1.165, 1.54) is 4.90 Å². The van der Waals surface area contributed by atoms with E-state index in [1.54, 1.807) is 24.3 Å². The molecule has 0 atom stereocenters. The zero-order valence-electron chi connectivity index (χ0n) is 17.0. The molecule has 1 aromatic carbocycles. The predicted octanol–water partition coefficient (Wildman–Crippen LogP) is 2.82. The lowest BCUT2D eigenvalue weighted by Gasteiger charge is -2.20. The quantitative estimate of drug-likeness (QED) is 0.637. The van der Waals surface area contributed by atoms with Crippen LogP contribution in [-0.4, -0.2) is 45.7 Å². The molecule has 0 spiro atoms. The molecule has 3 rings (SSSR count). The summed E-state index contributed by atoms with van der Waals surface area (Å²) in [6.45, 7) is 7.12. The van der Waals surface area contributed by atoms with Crippen molar-refractivity contribution in [1.82, 2.24) is 19.6 Å². The topological polar surface area (TPSA) is 75.9 Å². The highest BCUT2D eigenvalue weighted by molar-refractivity contribution is 5.96.